The van der Waals surface area contributed by atoms with Crippen LogP contribution in [0.2, 0.25) is 0 Å². The molecule has 0 spiro atoms. The number of pyridine rings is 1. The largest absolute Gasteiger partial charge is 0.323 e. The Kier molecular flexibility index (Phi) is 4.58. The van der Waals surface area contributed by atoms with Crippen LogP contribution in [0.4, 0.5) is 5.69 Å². The second-order valence-electron chi connectivity index (χ2n) is 6.06. The summed E-state index contributed by atoms with van der Waals surface area (Å²) in [7, 11) is 0. The molecule has 26 heavy (non-hydrogen) atoms. The highest BCUT2D eigenvalue weighted by molar-refractivity contribution is 7.99. The number of fused-ring (bicyclic) bond motifs is 1. The van der Waals surface area contributed by atoms with Gasteiger partial charge in [0, 0.05) is 16.7 Å². The molecule has 4 rings (SSSR count). The first-order chi connectivity index (χ1) is 12.7. The molecule has 5 nitrogen and oxygen atoms in total. The van der Waals surface area contributed by atoms with Gasteiger partial charge in [-0.05, 0) is 24.3 Å². The monoisotopic (exact) mass is 363 g/mol. The number of hydrogen-bond acceptors (Lipinski definition) is 4. The van der Waals surface area contributed by atoms with Gasteiger partial charge >= 0.3 is 0 Å². The molecule has 1 aliphatic heterocycles. The minimum absolute atomic E-state index is 0.118. The minimum Gasteiger partial charge on any atom is -0.323 e. The Balaban J connectivity index is 1.52. The van der Waals surface area contributed by atoms with Crippen LogP contribution in [0.3, 0.4) is 0 Å². The highest BCUT2D eigenvalue weighted by Gasteiger charge is 2.35. The van der Waals surface area contributed by atoms with Crippen molar-refractivity contribution in [3.8, 4) is 0 Å². The SMILES string of the molecule is O=C(Nc1cnc2ccccc2c1)C1CSCN1C(=O)c1ccccc1. The van der Waals surface area contributed by atoms with E-state index < -0.39 is 6.04 Å². The van der Waals surface area contributed by atoms with E-state index in [0.29, 0.717) is 22.9 Å². The van der Waals surface area contributed by atoms with Crippen molar-refractivity contribution in [1.29, 1.82) is 0 Å². The Bertz CT molecular complexity index is 961. The van der Waals surface area contributed by atoms with Crippen molar-refractivity contribution in [2.75, 3.05) is 16.9 Å². The first kappa shape index (κ1) is 16.6. The van der Waals surface area contributed by atoms with Crippen molar-refractivity contribution in [1.82, 2.24) is 9.88 Å². The molecule has 1 saturated heterocycles. The number of carbonyl (C=O) groups is 2. The quantitative estimate of drug-likeness (QED) is 0.775. The average molecular weight is 363 g/mol. The number of para-hydroxylation sites is 1. The molecule has 1 N–H and O–H groups in total. The number of nitrogens with zero attached hydrogens (tertiary/aromatic N) is 2. The lowest BCUT2D eigenvalue weighted by molar-refractivity contribution is -0.119. The molecule has 0 bridgehead atoms. The van der Waals surface area contributed by atoms with Crippen molar-refractivity contribution in [3.63, 3.8) is 0 Å². The molecule has 1 aromatic heterocycles. The maximum atomic E-state index is 12.8. The zero-order valence-electron chi connectivity index (χ0n) is 14.0. The molecule has 6 heteroatoms. The Morgan fingerprint density at radius 2 is 1.85 bits per heavy atom. The fraction of sp³-hybridized carbons (Fsp3) is 0.150. The van der Waals surface area contributed by atoms with Crippen LogP contribution in [0.25, 0.3) is 10.9 Å². The molecule has 0 radical (unpaired) electrons. The average Bonchev–Trinajstić information content (AvgIpc) is 3.18. The summed E-state index contributed by atoms with van der Waals surface area (Å²) in [5, 5.41) is 3.87. The lowest BCUT2D eigenvalue weighted by atomic mass is 10.1. The number of nitrogens with one attached hydrogen (secondary N) is 1. The molecule has 0 aliphatic carbocycles. The lowest BCUT2D eigenvalue weighted by Gasteiger charge is -2.23. The molecule has 2 aromatic carbocycles. The van der Waals surface area contributed by atoms with Crippen molar-refractivity contribution < 1.29 is 9.59 Å². The summed E-state index contributed by atoms with van der Waals surface area (Å²) < 4.78 is 0. The summed E-state index contributed by atoms with van der Waals surface area (Å²) in [6.07, 6.45) is 1.64. The van der Waals surface area contributed by atoms with Gasteiger partial charge in [0.25, 0.3) is 5.91 Å². The smallest absolute Gasteiger partial charge is 0.255 e. The van der Waals surface area contributed by atoms with Crippen molar-refractivity contribution in [3.05, 3.63) is 72.4 Å². The van der Waals surface area contributed by atoms with E-state index in [1.54, 1.807) is 35.0 Å². The van der Waals surface area contributed by atoms with E-state index in [0.717, 1.165) is 10.9 Å². The third kappa shape index (κ3) is 3.28. The lowest BCUT2D eigenvalue weighted by Crippen LogP contribution is -2.44. The number of amides is 2. The van der Waals surface area contributed by atoms with Crippen LogP contribution in [0, 0.1) is 0 Å². The third-order valence-electron chi connectivity index (χ3n) is 4.32. The van der Waals surface area contributed by atoms with Crippen LogP contribution in [0.5, 0.6) is 0 Å². The molecule has 3 aromatic rings. The van der Waals surface area contributed by atoms with Gasteiger partial charge in [-0.3, -0.25) is 14.6 Å². The van der Waals surface area contributed by atoms with Crippen LogP contribution in [0.1, 0.15) is 10.4 Å². The third-order valence-corrected chi connectivity index (χ3v) is 5.34. The zero-order chi connectivity index (χ0) is 17.9. The van der Waals surface area contributed by atoms with Gasteiger partial charge in [0.1, 0.15) is 6.04 Å². The van der Waals surface area contributed by atoms with Gasteiger partial charge in [0.05, 0.1) is 23.3 Å². The second kappa shape index (κ2) is 7.17. The number of anilines is 1. The summed E-state index contributed by atoms with van der Waals surface area (Å²) >= 11 is 1.58. The molecular weight excluding hydrogens is 346 g/mol. The van der Waals surface area contributed by atoms with E-state index in [-0.39, 0.29) is 11.8 Å². The van der Waals surface area contributed by atoms with Gasteiger partial charge in [-0.1, -0.05) is 36.4 Å². The molecule has 1 aliphatic rings. The Hall–Kier alpha value is -2.86. The number of benzene rings is 2. The summed E-state index contributed by atoms with van der Waals surface area (Å²) in [5.41, 5.74) is 2.11. The highest BCUT2D eigenvalue weighted by Crippen LogP contribution is 2.25. The summed E-state index contributed by atoms with van der Waals surface area (Å²) in [6, 6.07) is 18.2. The van der Waals surface area contributed by atoms with Gasteiger partial charge in [-0.25, -0.2) is 0 Å². The van der Waals surface area contributed by atoms with Gasteiger partial charge in [-0.2, -0.15) is 0 Å². The predicted molar refractivity (Wildman–Crippen MR) is 104 cm³/mol. The van der Waals surface area contributed by atoms with Crippen LogP contribution < -0.4 is 5.32 Å². The maximum Gasteiger partial charge on any atom is 0.255 e. The minimum atomic E-state index is -0.487. The van der Waals surface area contributed by atoms with Crippen LogP contribution in [-0.2, 0) is 4.79 Å². The fourth-order valence-electron chi connectivity index (χ4n) is 2.97. The molecule has 2 heterocycles. The number of rotatable bonds is 3. The predicted octanol–water partition coefficient (Wildman–Crippen LogP) is 3.39. The topological polar surface area (TPSA) is 62.3 Å². The molecule has 1 unspecified atom stereocenters. The molecule has 1 atom stereocenters. The van der Waals surface area contributed by atoms with E-state index in [2.05, 4.69) is 10.3 Å². The fourth-order valence-corrected chi connectivity index (χ4v) is 4.13. The first-order valence-electron chi connectivity index (χ1n) is 8.32. The van der Waals surface area contributed by atoms with Crippen molar-refractivity contribution >= 4 is 40.2 Å². The maximum absolute atomic E-state index is 12.8. The van der Waals surface area contributed by atoms with E-state index in [1.807, 2.05) is 48.5 Å². The summed E-state index contributed by atoms with van der Waals surface area (Å²) in [4.78, 5) is 31.5. The second-order valence-corrected chi connectivity index (χ2v) is 7.06. The zero-order valence-corrected chi connectivity index (χ0v) is 14.8. The van der Waals surface area contributed by atoms with Crippen LogP contribution >= 0.6 is 11.8 Å². The Labute approximate surface area is 155 Å². The standard InChI is InChI=1S/C20H17N3O2S/c24-19(22-16-10-15-8-4-5-9-17(15)21-11-16)18-12-26-13-23(18)20(25)14-6-2-1-3-7-14/h1-11,18H,12-13H2,(H,22,24). The molecule has 130 valence electrons. The van der Waals surface area contributed by atoms with E-state index >= 15 is 0 Å². The highest BCUT2D eigenvalue weighted by atomic mass is 32.2. The summed E-state index contributed by atoms with van der Waals surface area (Å²) in [6.45, 7) is 0. The number of thioether (sulfide) groups is 1. The Morgan fingerprint density at radius 3 is 2.69 bits per heavy atom. The number of aromatic nitrogens is 1. The Morgan fingerprint density at radius 1 is 1.08 bits per heavy atom. The van der Waals surface area contributed by atoms with Crippen molar-refractivity contribution in [2.24, 2.45) is 0 Å². The van der Waals surface area contributed by atoms with Gasteiger partial charge in [-0.15, -0.1) is 11.8 Å². The van der Waals surface area contributed by atoms with Gasteiger partial charge in [0.2, 0.25) is 5.91 Å². The van der Waals surface area contributed by atoms with E-state index in [9.17, 15) is 9.59 Å². The van der Waals surface area contributed by atoms with E-state index in [4.69, 9.17) is 0 Å². The van der Waals surface area contributed by atoms with Crippen molar-refractivity contribution in [2.45, 2.75) is 6.04 Å². The summed E-state index contributed by atoms with van der Waals surface area (Å²) in [5.74, 6) is 0.802. The first-order valence-corrected chi connectivity index (χ1v) is 9.47. The van der Waals surface area contributed by atoms with Gasteiger partial charge < -0.3 is 10.2 Å². The molecular formula is C20H17N3O2S. The number of hydrogen-bond donors (Lipinski definition) is 1. The molecule has 2 amide bonds. The molecule has 1 fully saturated rings. The molecule has 0 saturated carbocycles. The number of carbonyl (C=O) groups excluding carboxylic acids is 2. The van der Waals surface area contributed by atoms with E-state index in [1.165, 1.54) is 0 Å². The van der Waals surface area contributed by atoms with Gasteiger partial charge in [0.15, 0.2) is 0 Å². The van der Waals surface area contributed by atoms with Crippen LogP contribution in [-0.4, -0.2) is 39.4 Å². The normalized spacial score (nSPS) is 16.6. The van der Waals surface area contributed by atoms with Crippen LogP contribution in [0.15, 0.2) is 66.9 Å².